The molecule has 22 heavy (non-hydrogen) atoms. The van der Waals surface area contributed by atoms with E-state index in [1.54, 1.807) is 0 Å². The Morgan fingerprint density at radius 1 is 1.32 bits per heavy atom. The molecule has 0 aliphatic heterocycles. The predicted octanol–water partition coefficient (Wildman–Crippen LogP) is 4.75. The third-order valence-corrected chi connectivity index (χ3v) is 4.43. The lowest BCUT2D eigenvalue weighted by Gasteiger charge is -2.18. The Morgan fingerprint density at radius 3 is 2.59 bits per heavy atom. The average Bonchev–Trinajstić information content (AvgIpc) is 2.42. The SMILES string of the molecule is Cc1cccc(NC(=O)c2cnc(C(C)(C)C)c(Cl)n2)c1Br. The summed E-state index contributed by atoms with van der Waals surface area (Å²) in [6, 6.07) is 5.64. The molecule has 0 atom stereocenters. The summed E-state index contributed by atoms with van der Waals surface area (Å²) in [4.78, 5) is 20.7. The Hall–Kier alpha value is -1.46. The van der Waals surface area contributed by atoms with E-state index in [-0.39, 0.29) is 22.2 Å². The third kappa shape index (κ3) is 3.65. The highest BCUT2D eigenvalue weighted by molar-refractivity contribution is 9.10. The van der Waals surface area contributed by atoms with Gasteiger partial charge in [-0.05, 0) is 34.5 Å². The van der Waals surface area contributed by atoms with Crippen LogP contribution in [0.2, 0.25) is 5.15 Å². The fourth-order valence-corrected chi connectivity index (χ4v) is 2.70. The molecule has 2 aromatic rings. The van der Waals surface area contributed by atoms with Gasteiger partial charge < -0.3 is 5.32 Å². The van der Waals surface area contributed by atoms with Crippen molar-refractivity contribution in [2.45, 2.75) is 33.1 Å². The van der Waals surface area contributed by atoms with E-state index in [0.717, 1.165) is 10.0 Å². The van der Waals surface area contributed by atoms with Crippen molar-refractivity contribution in [2.24, 2.45) is 0 Å². The number of nitrogens with one attached hydrogen (secondary N) is 1. The quantitative estimate of drug-likeness (QED) is 0.815. The molecule has 4 nitrogen and oxygen atoms in total. The molecule has 116 valence electrons. The van der Waals surface area contributed by atoms with Crippen LogP contribution in [0, 0.1) is 6.92 Å². The van der Waals surface area contributed by atoms with Crippen LogP contribution < -0.4 is 5.32 Å². The minimum absolute atomic E-state index is 0.186. The Bertz CT molecular complexity index is 726. The molecule has 6 heteroatoms. The smallest absolute Gasteiger partial charge is 0.275 e. The third-order valence-electron chi connectivity index (χ3n) is 3.11. The lowest BCUT2D eigenvalue weighted by Crippen LogP contribution is -2.19. The van der Waals surface area contributed by atoms with Gasteiger partial charge in [0.25, 0.3) is 5.91 Å². The van der Waals surface area contributed by atoms with Crippen molar-refractivity contribution in [2.75, 3.05) is 5.32 Å². The van der Waals surface area contributed by atoms with Crippen molar-refractivity contribution in [1.82, 2.24) is 9.97 Å². The van der Waals surface area contributed by atoms with Crippen LogP contribution in [-0.4, -0.2) is 15.9 Å². The van der Waals surface area contributed by atoms with Gasteiger partial charge in [-0.1, -0.05) is 44.5 Å². The summed E-state index contributed by atoms with van der Waals surface area (Å²) >= 11 is 9.61. The molecular formula is C16H17BrClN3O. The van der Waals surface area contributed by atoms with Crippen molar-refractivity contribution in [3.63, 3.8) is 0 Å². The van der Waals surface area contributed by atoms with Crippen molar-refractivity contribution >= 4 is 39.1 Å². The Morgan fingerprint density at radius 2 is 2.00 bits per heavy atom. The predicted molar refractivity (Wildman–Crippen MR) is 92.6 cm³/mol. The van der Waals surface area contributed by atoms with E-state index in [0.29, 0.717) is 11.4 Å². The second kappa shape index (κ2) is 6.34. The molecule has 1 heterocycles. The number of carbonyl (C=O) groups excluding carboxylic acids is 1. The normalized spacial score (nSPS) is 11.4. The molecule has 2 rings (SSSR count). The van der Waals surface area contributed by atoms with Crippen molar-refractivity contribution < 1.29 is 4.79 Å². The van der Waals surface area contributed by atoms with Gasteiger partial charge in [0.1, 0.15) is 5.69 Å². The number of aryl methyl sites for hydroxylation is 1. The van der Waals surface area contributed by atoms with E-state index in [9.17, 15) is 4.79 Å². The van der Waals surface area contributed by atoms with Crippen LogP contribution in [0.1, 0.15) is 42.5 Å². The maximum Gasteiger partial charge on any atom is 0.275 e. The Labute approximate surface area is 143 Å². The van der Waals surface area contributed by atoms with Crippen LogP contribution >= 0.6 is 27.5 Å². The number of carbonyl (C=O) groups is 1. The summed E-state index contributed by atoms with van der Waals surface area (Å²) in [6.45, 7) is 7.93. The molecule has 0 aliphatic carbocycles. The molecule has 1 amide bonds. The highest BCUT2D eigenvalue weighted by Gasteiger charge is 2.22. The molecule has 0 unspecified atom stereocenters. The average molecular weight is 383 g/mol. The molecule has 0 bridgehead atoms. The number of halogens is 2. The molecule has 0 aliphatic rings. The number of aromatic nitrogens is 2. The lowest BCUT2D eigenvalue weighted by atomic mass is 9.92. The van der Waals surface area contributed by atoms with E-state index in [1.807, 2.05) is 45.9 Å². The van der Waals surface area contributed by atoms with Gasteiger partial charge in [0, 0.05) is 9.89 Å². The molecule has 0 saturated heterocycles. The van der Waals surface area contributed by atoms with Crippen LogP contribution in [0.4, 0.5) is 5.69 Å². The largest absolute Gasteiger partial charge is 0.320 e. The summed E-state index contributed by atoms with van der Waals surface area (Å²) in [5.41, 5.74) is 2.35. The van der Waals surface area contributed by atoms with E-state index >= 15 is 0 Å². The minimum atomic E-state index is -0.346. The first-order valence-electron chi connectivity index (χ1n) is 6.79. The highest BCUT2D eigenvalue weighted by atomic mass is 79.9. The van der Waals surface area contributed by atoms with Gasteiger partial charge >= 0.3 is 0 Å². The van der Waals surface area contributed by atoms with E-state index in [4.69, 9.17) is 11.6 Å². The summed E-state index contributed by atoms with van der Waals surface area (Å²) in [5.74, 6) is -0.346. The zero-order valence-electron chi connectivity index (χ0n) is 12.9. The lowest BCUT2D eigenvalue weighted by molar-refractivity contribution is 0.102. The molecule has 1 aromatic heterocycles. The standard InChI is InChI=1S/C16H17BrClN3O/c1-9-6-5-7-10(12(9)17)21-15(22)11-8-19-13(14(18)20-11)16(2,3)4/h5-8H,1-4H3,(H,21,22). The monoisotopic (exact) mass is 381 g/mol. The fraction of sp³-hybridized carbons (Fsp3) is 0.312. The number of nitrogens with zero attached hydrogens (tertiary/aromatic N) is 2. The number of rotatable bonds is 2. The van der Waals surface area contributed by atoms with Crippen molar-refractivity contribution in [1.29, 1.82) is 0 Å². The van der Waals surface area contributed by atoms with Crippen molar-refractivity contribution in [3.05, 3.63) is 51.0 Å². The maximum atomic E-state index is 12.3. The van der Waals surface area contributed by atoms with Gasteiger partial charge in [0.05, 0.1) is 17.6 Å². The fourth-order valence-electron chi connectivity index (χ4n) is 1.91. The van der Waals surface area contributed by atoms with E-state index < -0.39 is 0 Å². The zero-order valence-corrected chi connectivity index (χ0v) is 15.2. The van der Waals surface area contributed by atoms with Crippen LogP contribution in [0.5, 0.6) is 0 Å². The number of benzene rings is 1. The highest BCUT2D eigenvalue weighted by Crippen LogP contribution is 2.27. The van der Waals surface area contributed by atoms with Crippen LogP contribution in [-0.2, 0) is 5.41 Å². The summed E-state index contributed by atoms with van der Waals surface area (Å²) in [7, 11) is 0. The van der Waals surface area contributed by atoms with Crippen LogP contribution in [0.25, 0.3) is 0 Å². The summed E-state index contributed by atoms with van der Waals surface area (Å²) in [6.07, 6.45) is 1.45. The topological polar surface area (TPSA) is 54.9 Å². The number of amides is 1. The number of anilines is 1. The molecule has 0 saturated carbocycles. The maximum absolute atomic E-state index is 12.3. The van der Waals surface area contributed by atoms with Crippen molar-refractivity contribution in [3.8, 4) is 0 Å². The first-order chi connectivity index (χ1) is 10.2. The van der Waals surface area contributed by atoms with E-state index in [1.165, 1.54) is 6.20 Å². The molecule has 0 fully saturated rings. The molecular weight excluding hydrogens is 366 g/mol. The number of hydrogen-bond donors (Lipinski definition) is 1. The minimum Gasteiger partial charge on any atom is -0.320 e. The zero-order chi connectivity index (χ0) is 16.5. The molecule has 1 N–H and O–H groups in total. The Kier molecular flexibility index (Phi) is 4.87. The van der Waals surface area contributed by atoms with Gasteiger partial charge in [-0.15, -0.1) is 0 Å². The summed E-state index contributed by atoms with van der Waals surface area (Å²) in [5, 5.41) is 3.06. The molecule has 0 spiro atoms. The Balaban J connectivity index is 2.27. The molecule has 0 radical (unpaired) electrons. The van der Waals surface area contributed by atoms with Crippen LogP contribution in [0.15, 0.2) is 28.9 Å². The van der Waals surface area contributed by atoms with Gasteiger partial charge in [-0.25, -0.2) is 4.98 Å². The van der Waals surface area contributed by atoms with Gasteiger partial charge in [-0.3, -0.25) is 9.78 Å². The second-order valence-corrected chi connectivity index (χ2v) is 7.19. The first kappa shape index (κ1) is 16.9. The van der Waals surface area contributed by atoms with Crippen LogP contribution in [0.3, 0.4) is 0 Å². The summed E-state index contributed by atoms with van der Waals surface area (Å²) < 4.78 is 0.841. The second-order valence-electron chi connectivity index (χ2n) is 6.04. The van der Waals surface area contributed by atoms with Gasteiger partial charge in [0.2, 0.25) is 0 Å². The van der Waals surface area contributed by atoms with Gasteiger partial charge in [0.15, 0.2) is 5.15 Å². The first-order valence-corrected chi connectivity index (χ1v) is 7.96. The number of hydrogen-bond acceptors (Lipinski definition) is 3. The van der Waals surface area contributed by atoms with E-state index in [2.05, 4.69) is 31.2 Å². The molecule has 1 aromatic carbocycles. The van der Waals surface area contributed by atoms with Gasteiger partial charge in [-0.2, -0.15) is 0 Å².